The lowest BCUT2D eigenvalue weighted by molar-refractivity contribution is 0.0602. The van der Waals surface area contributed by atoms with Crippen molar-refractivity contribution in [1.29, 1.82) is 0 Å². The first kappa shape index (κ1) is 14.2. The summed E-state index contributed by atoms with van der Waals surface area (Å²) in [4.78, 5) is 16.6. The van der Waals surface area contributed by atoms with E-state index in [1.54, 1.807) is 6.07 Å². The molecule has 0 amide bonds. The summed E-state index contributed by atoms with van der Waals surface area (Å²) in [5.74, 6) is 0.570. The number of carbonyl (C=O) groups is 1. The maximum absolute atomic E-state index is 11.7. The Bertz CT molecular complexity index is 520. The number of anilines is 2. The van der Waals surface area contributed by atoms with E-state index in [0.29, 0.717) is 11.3 Å². The molecule has 1 saturated carbocycles. The van der Waals surface area contributed by atoms with E-state index in [0.717, 1.165) is 37.8 Å². The first-order valence-corrected chi connectivity index (χ1v) is 7.62. The molecule has 1 aliphatic heterocycles. The van der Waals surface area contributed by atoms with Crippen molar-refractivity contribution in [2.24, 2.45) is 5.92 Å². The second kappa shape index (κ2) is 5.93. The van der Waals surface area contributed by atoms with E-state index in [-0.39, 0.29) is 5.97 Å². The lowest BCUT2D eigenvalue weighted by Gasteiger charge is -2.36. The molecular weight excluding hydrogens is 266 g/mol. The minimum Gasteiger partial charge on any atom is -0.465 e. The minimum absolute atomic E-state index is 0.373. The topological polar surface area (TPSA) is 58.8 Å². The van der Waals surface area contributed by atoms with Crippen LogP contribution in [0, 0.1) is 5.92 Å². The zero-order valence-corrected chi connectivity index (χ0v) is 12.5. The Hall–Kier alpha value is -1.75. The van der Waals surface area contributed by atoms with Crippen LogP contribution in [-0.4, -0.2) is 50.7 Å². The Morgan fingerprint density at radius 2 is 2.00 bits per heavy atom. The molecule has 3 rings (SSSR count). The zero-order valence-electron chi connectivity index (χ0n) is 12.5. The average Bonchev–Trinajstić information content (AvgIpc) is 3.32. The number of nitrogen functional groups attached to an aromatic ring is 1. The maximum atomic E-state index is 11.7. The van der Waals surface area contributed by atoms with Crippen LogP contribution in [0.25, 0.3) is 0 Å². The van der Waals surface area contributed by atoms with Gasteiger partial charge in [-0.15, -0.1) is 0 Å². The van der Waals surface area contributed by atoms with Crippen LogP contribution in [0.2, 0.25) is 0 Å². The van der Waals surface area contributed by atoms with Gasteiger partial charge in [0, 0.05) is 44.1 Å². The first-order chi connectivity index (χ1) is 10.2. The van der Waals surface area contributed by atoms with Gasteiger partial charge in [0.15, 0.2) is 0 Å². The quantitative estimate of drug-likeness (QED) is 0.674. The van der Waals surface area contributed by atoms with Gasteiger partial charge in [0.1, 0.15) is 0 Å². The summed E-state index contributed by atoms with van der Waals surface area (Å²) in [7, 11) is 1.38. The highest BCUT2D eigenvalue weighted by molar-refractivity contribution is 5.96. The van der Waals surface area contributed by atoms with Crippen LogP contribution in [0.15, 0.2) is 18.2 Å². The van der Waals surface area contributed by atoms with Gasteiger partial charge < -0.3 is 15.4 Å². The monoisotopic (exact) mass is 289 g/mol. The van der Waals surface area contributed by atoms with Crippen LogP contribution in [0.4, 0.5) is 11.4 Å². The molecule has 5 heteroatoms. The highest BCUT2D eigenvalue weighted by atomic mass is 16.5. The molecule has 1 heterocycles. The summed E-state index contributed by atoms with van der Waals surface area (Å²) >= 11 is 0. The molecule has 114 valence electrons. The Morgan fingerprint density at radius 3 is 2.62 bits per heavy atom. The van der Waals surface area contributed by atoms with Crippen molar-refractivity contribution in [2.75, 3.05) is 50.5 Å². The summed E-state index contributed by atoms with van der Waals surface area (Å²) in [5, 5.41) is 0. The fourth-order valence-corrected chi connectivity index (χ4v) is 2.88. The van der Waals surface area contributed by atoms with Gasteiger partial charge in [0.25, 0.3) is 0 Å². The second-order valence-electron chi connectivity index (χ2n) is 5.99. The minimum atomic E-state index is -0.373. The molecule has 5 nitrogen and oxygen atoms in total. The molecule has 0 bridgehead atoms. The largest absolute Gasteiger partial charge is 0.465 e. The molecule has 0 aromatic heterocycles. The van der Waals surface area contributed by atoms with Crippen molar-refractivity contribution in [3.63, 3.8) is 0 Å². The smallest absolute Gasteiger partial charge is 0.340 e. The van der Waals surface area contributed by atoms with Gasteiger partial charge in [-0.25, -0.2) is 4.79 Å². The zero-order chi connectivity index (χ0) is 14.8. The summed E-state index contributed by atoms with van der Waals surface area (Å²) in [5.41, 5.74) is 7.83. The average molecular weight is 289 g/mol. The van der Waals surface area contributed by atoms with E-state index in [4.69, 9.17) is 10.5 Å². The van der Waals surface area contributed by atoms with Gasteiger partial charge in [-0.3, -0.25) is 4.90 Å². The molecule has 2 N–H and O–H groups in total. The number of nitrogens with zero attached hydrogens (tertiary/aromatic N) is 2. The van der Waals surface area contributed by atoms with Gasteiger partial charge in [-0.1, -0.05) is 0 Å². The maximum Gasteiger partial charge on any atom is 0.340 e. The van der Waals surface area contributed by atoms with Crippen LogP contribution >= 0.6 is 0 Å². The standard InChI is InChI=1S/C16H23N3O2/c1-21-16(20)14-10-13(4-5-15(14)17)19-8-6-18(7-9-19)11-12-2-3-12/h4-5,10,12H,2-3,6-9,11,17H2,1H3. The number of rotatable bonds is 4. The summed E-state index contributed by atoms with van der Waals surface area (Å²) in [6.45, 7) is 5.43. The van der Waals surface area contributed by atoms with E-state index in [1.807, 2.05) is 12.1 Å². The molecule has 1 saturated heterocycles. The van der Waals surface area contributed by atoms with Crippen molar-refractivity contribution >= 4 is 17.3 Å². The Kier molecular flexibility index (Phi) is 4.01. The predicted octanol–water partition coefficient (Wildman–Crippen LogP) is 1.59. The van der Waals surface area contributed by atoms with Gasteiger partial charge >= 0.3 is 5.97 Å². The van der Waals surface area contributed by atoms with Crippen LogP contribution < -0.4 is 10.6 Å². The van der Waals surface area contributed by atoms with Crippen molar-refractivity contribution in [3.05, 3.63) is 23.8 Å². The number of benzene rings is 1. The van der Waals surface area contributed by atoms with E-state index < -0.39 is 0 Å². The molecular formula is C16H23N3O2. The molecule has 2 fully saturated rings. The molecule has 0 unspecified atom stereocenters. The van der Waals surface area contributed by atoms with Crippen LogP contribution in [0.5, 0.6) is 0 Å². The number of hydrogen-bond donors (Lipinski definition) is 1. The van der Waals surface area contributed by atoms with E-state index in [9.17, 15) is 4.79 Å². The van der Waals surface area contributed by atoms with Crippen LogP contribution in [0.3, 0.4) is 0 Å². The van der Waals surface area contributed by atoms with Crippen LogP contribution in [0.1, 0.15) is 23.2 Å². The predicted molar refractivity (Wildman–Crippen MR) is 83.6 cm³/mol. The molecule has 1 aromatic carbocycles. The third-order valence-corrected chi connectivity index (χ3v) is 4.39. The summed E-state index contributed by atoms with van der Waals surface area (Å²) < 4.78 is 4.78. The first-order valence-electron chi connectivity index (χ1n) is 7.62. The summed E-state index contributed by atoms with van der Waals surface area (Å²) in [6, 6.07) is 5.62. The number of piperazine rings is 1. The van der Waals surface area contributed by atoms with E-state index >= 15 is 0 Å². The van der Waals surface area contributed by atoms with E-state index in [2.05, 4.69) is 9.80 Å². The number of esters is 1. The molecule has 2 aliphatic rings. The van der Waals surface area contributed by atoms with Gasteiger partial charge in [-0.2, -0.15) is 0 Å². The lowest BCUT2D eigenvalue weighted by Crippen LogP contribution is -2.47. The molecule has 1 aromatic rings. The third-order valence-electron chi connectivity index (χ3n) is 4.39. The fraction of sp³-hybridized carbons (Fsp3) is 0.562. The number of carbonyl (C=O) groups excluding carboxylic acids is 1. The highest BCUT2D eigenvalue weighted by Crippen LogP contribution is 2.30. The highest BCUT2D eigenvalue weighted by Gasteiger charge is 2.26. The SMILES string of the molecule is COC(=O)c1cc(N2CCN(CC3CC3)CC2)ccc1N. The van der Waals surface area contributed by atoms with Gasteiger partial charge in [0.2, 0.25) is 0 Å². The lowest BCUT2D eigenvalue weighted by atomic mass is 10.1. The van der Waals surface area contributed by atoms with Crippen molar-refractivity contribution < 1.29 is 9.53 Å². The van der Waals surface area contributed by atoms with Crippen molar-refractivity contribution in [1.82, 2.24) is 4.90 Å². The van der Waals surface area contributed by atoms with Crippen molar-refractivity contribution in [3.8, 4) is 0 Å². The number of methoxy groups -OCH3 is 1. The second-order valence-corrected chi connectivity index (χ2v) is 5.99. The van der Waals surface area contributed by atoms with Crippen LogP contribution in [-0.2, 0) is 4.74 Å². The van der Waals surface area contributed by atoms with Gasteiger partial charge in [-0.05, 0) is 37.0 Å². The Morgan fingerprint density at radius 1 is 1.29 bits per heavy atom. The normalized spacial score (nSPS) is 19.6. The number of ether oxygens (including phenoxy) is 1. The fourth-order valence-electron chi connectivity index (χ4n) is 2.88. The van der Waals surface area contributed by atoms with Gasteiger partial charge in [0.05, 0.1) is 12.7 Å². The Labute approximate surface area is 125 Å². The molecule has 21 heavy (non-hydrogen) atoms. The molecule has 0 spiro atoms. The summed E-state index contributed by atoms with van der Waals surface area (Å²) in [6.07, 6.45) is 2.81. The number of nitrogens with two attached hydrogens (primary N) is 1. The molecule has 1 aliphatic carbocycles. The number of hydrogen-bond acceptors (Lipinski definition) is 5. The molecule has 0 atom stereocenters. The van der Waals surface area contributed by atoms with E-state index in [1.165, 1.54) is 26.5 Å². The Balaban J connectivity index is 1.65. The molecule has 0 radical (unpaired) electrons. The third kappa shape index (κ3) is 3.29. The van der Waals surface area contributed by atoms with Crippen molar-refractivity contribution in [2.45, 2.75) is 12.8 Å².